The van der Waals surface area contributed by atoms with Crippen LogP contribution in [0, 0.1) is 11.8 Å². The molecule has 4 heterocycles. The largest absolute Gasteiger partial charge is 0.443 e. The van der Waals surface area contributed by atoms with Gasteiger partial charge in [0.2, 0.25) is 0 Å². The molecule has 1 aromatic rings. The third kappa shape index (κ3) is 4.45. The molecule has 3 saturated heterocycles. The molecule has 1 aromatic heterocycles. The van der Waals surface area contributed by atoms with Crippen LogP contribution in [0.15, 0.2) is 30.4 Å². The maximum Gasteiger partial charge on any atom is 0.410 e. The van der Waals surface area contributed by atoms with E-state index in [0.29, 0.717) is 5.92 Å². The summed E-state index contributed by atoms with van der Waals surface area (Å²) in [5, 5.41) is 0. The van der Waals surface area contributed by atoms with Crippen LogP contribution in [0.2, 0.25) is 0 Å². The van der Waals surface area contributed by atoms with Gasteiger partial charge in [-0.2, -0.15) is 0 Å². The van der Waals surface area contributed by atoms with Gasteiger partial charge in [0.25, 0.3) is 0 Å². The first-order valence-corrected chi connectivity index (χ1v) is 12.2. The van der Waals surface area contributed by atoms with Crippen LogP contribution in [-0.4, -0.2) is 76.9 Å². The fourth-order valence-electron chi connectivity index (χ4n) is 5.93. The molecule has 1 saturated carbocycles. The second-order valence-corrected chi connectivity index (χ2v) is 10.7. The van der Waals surface area contributed by atoms with Crippen LogP contribution >= 0.6 is 0 Å². The molecule has 6 atom stereocenters. The molecule has 4 aliphatic rings. The summed E-state index contributed by atoms with van der Waals surface area (Å²) >= 11 is 0. The zero-order valence-corrected chi connectivity index (χ0v) is 20.2. The Morgan fingerprint density at radius 2 is 2.12 bits per heavy atom. The fourth-order valence-corrected chi connectivity index (χ4v) is 5.93. The normalized spacial score (nSPS) is 37.5. The third-order valence-electron chi connectivity index (χ3n) is 8.06. The number of hydrogen-bond acceptors (Lipinski definition) is 6. The lowest BCUT2D eigenvalue weighted by Gasteiger charge is -2.44. The summed E-state index contributed by atoms with van der Waals surface area (Å²) in [6.07, 6.45) is 10.8. The van der Waals surface area contributed by atoms with Gasteiger partial charge in [0.1, 0.15) is 23.4 Å². The minimum absolute atomic E-state index is 0.0523. The van der Waals surface area contributed by atoms with Crippen molar-refractivity contribution in [2.45, 2.75) is 82.5 Å². The first-order valence-electron chi connectivity index (χ1n) is 12.2. The van der Waals surface area contributed by atoms with E-state index >= 15 is 0 Å². The van der Waals surface area contributed by atoms with E-state index in [1.807, 2.05) is 17.4 Å². The fraction of sp³-hybridized carbons (Fsp3) is 0.760. The Kier molecular flexibility index (Phi) is 6.04. The monoisotopic (exact) mass is 459 g/mol. The zero-order chi connectivity index (χ0) is 23.2. The van der Waals surface area contributed by atoms with Gasteiger partial charge in [-0.05, 0) is 52.4 Å². The van der Waals surface area contributed by atoms with Crippen LogP contribution in [0.5, 0.6) is 0 Å². The number of methoxy groups -OCH3 is 1. The summed E-state index contributed by atoms with van der Waals surface area (Å²) in [4.78, 5) is 18.8. The maximum absolute atomic E-state index is 12.9. The second kappa shape index (κ2) is 8.71. The van der Waals surface area contributed by atoms with E-state index in [0.717, 1.165) is 51.9 Å². The standard InChI is InChI=1S/C25H37N3O5/c1-17(2)5-6-20-24(3,33-20)22-21(30-4)19(7-9-25(22)15-31-25)32-23(29)28-13-18(14-28)8-11-27-12-10-26-16-27/h5,10,12,16,18-22H,6-9,11,13-15H2,1-4H3/t19-,20-,21-,22-,24+,25+/m1/s1. The summed E-state index contributed by atoms with van der Waals surface area (Å²) in [5.41, 5.74) is 0.776. The molecule has 4 fully saturated rings. The number of likely N-dealkylation sites (tertiary alicyclic amines) is 1. The van der Waals surface area contributed by atoms with Crippen molar-refractivity contribution >= 4 is 6.09 Å². The number of rotatable bonds is 8. The number of amides is 1. The average Bonchev–Trinajstić information content (AvgIpc) is 3.59. The van der Waals surface area contributed by atoms with Crippen molar-refractivity contribution in [1.29, 1.82) is 0 Å². The molecule has 1 spiro atoms. The van der Waals surface area contributed by atoms with E-state index in [1.54, 1.807) is 13.3 Å². The molecule has 5 rings (SSSR count). The molecule has 0 radical (unpaired) electrons. The number of nitrogens with zero attached hydrogens (tertiary/aromatic N) is 3. The van der Waals surface area contributed by atoms with Gasteiger partial charge in [-0.3, -0.25) is 0 Å². The molecule has 0 unspecified atom stereocenters. The number of aryl methyl sites for hydroxylation is 1. The first-order chi connectivity index (χ1) is 15.8. The molecule has 3 aliphatic heterocycles. The molecule has 0 bridgehead atoms. The topological polar surface area (TPSA) is 81.7 Å². The van der Waals surface area contributed by atoms with E-state index < -0.39 is 0 Å². The number of carbonyl (C=O) groups is 1. The van der Waals surface area contributed by atoms with Gasteiger partial charge < -0.3 is 28.4 Å². The molecule has 182 valence electrons. The molecular weight excluding hydrogens is 422 g/mol. The summed E-state index contributed by atoms with van der Waals surface area (Å²) < 4.78 is 26.3. The van der Waals surface area contributed by atoms with Gasteiger partial charge in [-0.15, -0.1) is 0 Å². The molecule has 0 aromatic carbocycles. The Labute approximate surface area is 196 Å². The number of epoxide rings is 2. The Hall–Kier alpha value is -1.90. The number of aromatic nitrogens is 2. The van der Waals surface area contributed by atoms with Crippen LogP contribution in [0.3, 0.4) is 0 Å². The van der Waals surface area contributed by atoms with Gasteiger partial charge in [0.15, 0.2) is 0 Å². The van der Waals surface area contributed by atoms with Crippen molar-refractivity contribution in [3.63, 3.8) is 0 Å². The van der Waals surface area contributed by atoms with Crippen LogP contribution in [0.25, 0.3) is 0 Å². The van der Waals surface area contributed by atoms with Gasteiger partial charge in [0, 0.05) is 39.1 Å². The molecular formula is C25H37N3O5. The molecule has 1 amide bonds. The summed E-state index contributed by atoms with van der Waals surface area (Å²) in [7, 11) is 1.71. The first kappa shape index (κ1) is 22.9. The number of carbonyl (C=O) groups excluding carboxylic acids is 1. The highest BCUT2D eigenvalue weighted by Gasteiger charge is 2.72. The lowest BCUT2D eigenvalue weighted by Crippen LogP contribution is -2.57. The SMILES string of the molecule is CO[C@@H]1[C@H](OC(=O)N2CC(CCn3ccnc3)C2)CC[C@]2(CO2)[C@H]1[C@@]1(C)O[C@@H]1CC=C(C)C. The summed E-state index contributed by atoms with van der Waals surface area (Å²) in [5.74, 6) is 0.562. The van der Waals surface area contributed by atoms with Gasteiger partial charge in [-0.1, -0.05) is 11.6 Å². The van der Waals surface area contributed by atoms with Gasteiger partial charge in [-0.25, -0.2) is 9.78 Å². The van der Waals surface area contributed by atoms with E-state index in [9.17, 15) is 4.79 Å². The maximum atomic E-state index is 12.9. The Balaban J connectivity index is 1.17. The second-order valence-electron chi connectivity index (χ2n) is 10.7. The van der Waals surface area contributed by atoms with Crippen molar-refractivity contribution in [1.82, 2.24) is 14.5 Å². The smallest absolute Gasteiger partial charge is 0.410 e. The zero-order valence-electron chi connectivity index (χ0n) is 20.2. The van der Waals surface area contributed by atoms with Crippen LogP contribution in [0.4, 0.5) is 4.79 Å². The van der Waals surface area contributed by atoms with Crippen LogP contribution < -0.4 is 0 Å². The van der Waals surface area contributed by atoms with Crippen molar-refractivity contribution in [3.8, 4) is 0 Å². The van der Waals surface area contributed by atoms with Crippen molar-refractivity contribution in [2.24, 2.45) is 11.8 Å². The molecule has 1 aliphatic carbocycles. The minimum Gasteiger partial charge on any atom is -0.443 e. The van der Waals surface area contributed by atoms with E-state index in [4.69, 9.17) is 18.9 Å². The van der Waals surface area contributed by atoms with Crippen molar-refractivity contribution < 1.29 is 23.7 Å². The van der Waals surface area contributed by atoms with E-state index in [-0.39, 0.29) is 41.5 Å². The summed E-state index contributed by atoms with van der Waals surface area (Å²) in [6, 6.07) is 0. The van der Waals surface area contributed by atoms with E-state index in [1.165, 1.54) is 5.57 Å². The van der Waals surface area contributed by atoms with Gasteiger partial charge in [0.05, 0.1) is 25.0 Å². The summed E-state index contributed by atoms with van der Waals surface area (Å²) in [6.45, 7) is 9.55. The number of imidazole rings is 1. The van der Waals surface area contributed by atoms with Crippen molar-refractivity contribution in [3.05, 3.63) is 30.4 Å². The average molecular weight is 460 g/mol. The predicted octanol–water partition coefficient (Wildman–Crippen LogP) is 3.42. The number of allylic oxidation sites excluding steroid dienone is 1. The highest BCUT2D eigenvalue weighted by Crippen LogP contribution is 2.59. The van der Waals surface area contributed by atoms with Crippen LogP contribution in [-0.2, 0) is 25.5 Å². The van der Waals surface area contributed by atoms with Crippen molar-refractivity contribution in [2.75, 3.05) is 26.8 Å². The number of hydrogen-bond donors (Lipinski definition) is 0. The predicted molar refractivity (Wildman–Crippen MR) is 122 cm³/mol. The third-order valence-corrected chi connectivity index (χ3v) is 8.06. The Bertz CT molecular complexity index is 873. The molecule has 33 heavy (non-hydrogen) atoms. The number of ether oxygens (including phenoxy) is 4. The minimum atomic E-state index is -0.316. The lowest BCUT2D eigenvalue weighted by atomic mass is 9.68. The van der Waals surface area contributed by atoms with Gasteiger partial charge >= 0.3 is 6.09 Å². The molecule has 8 nitrogen and oxygen atoms in total. The van der Waals surface area contributed by atoms with E-state index in [2.05, 4.69) is 36.4 Å². The lowest BCUT2D eigenvalue weighted by molar-refractivity contribution is -0.124. The highest BCUT2D eigenvalue weighted by molar-refractivity contribution is 5.69. The quantitative estimate of drug-likeness (QED) is 0.438. The molecule has 8 heteroatoms. The highest BCUT2D eigenvalue weighted by atomic mass is 16.6. The Morgan fingerprint density at radius 3 is 2.76 bits per heavy atom. The Morgan fingerprint density at radius 1 is 1.33 bits per heavy atom. The van der Waals surface area contributed by atoms with Crippen LogP contribution in [0.1, 0.15) is 46.5 Å². The molecule has 0 N–H and O–H groups in total.